The molecule has 0 saturated heterocycles. The van der Waals surface area contributed by atoms with Gasteiger partial charge in [0.05, 0.1) is 11.4 Å². The van der Waals surface area contributed by atoms with Crippen LogP contribution in [0.4, 0.5) is 13.2 Å². The van der Waals surface area contributed by atoms with Gasteiger partial charge in [-0.15, -0.1) is 24.9 Å². The van der Waals surface area contributed by atoms with Crippen LogP contribution in [0.3, 0.4) is 0 Å². The van der Waals surface area contributed by atoms with E-state index in [1.165, 1.54) is 28.9 Å². The Hall–Kier alpha value is -2.65. The van der Waals surface area contributed by atoms with Crippen LogP contribution in [-0.4, -0.2) is 27.2 Å². The van der Waals surface area contributed by atoms with E-state index >= 15 is 0 Å². The standard InChI is InChI=1S/C24H24ClF3N2O3S/c1-14(2)22-20(13-34-19-10-4-16(15(3)12-19)5-11-21(31)32)23(25)30(29-22)17-6-8-18(9-7-17)33-24(26,27)28/h4,6-10,12,14H,5,11,13H2,1-3H3,(H,31,32). The number of benzene rings is 2. The lowest BCUT2D eigenvalue weighted by Gasteiger charge is -2.10. The topological polar surface area (TPSA) is 64.4 Å². The number of aryl methyl sites for hydroxylation is 2. The number of nitrogens with zero attached hydrogens (tertiary/aromatic N) is 2. The Morgan fingerprint density at radius 1 is 1.21 bits per heavy atom. The van der Waals surface area contributed by atoms with E-state index in [2.05, 4.69) is 9.84 Å². The number of carboxylic acids is 1. The first kappa shape index (κ1) is 26.0. The zero-order valence-corrected chi connectivity index (χ0v) is 20.4. The van der Waals surface area contributed by atoms with Gasteiger partial charge in [-0.1, -0.05) is 31.5 Å². The Morgan fingerprint density at radius 3 is 2.44 bits per heavy atom. The van der Waals surface area contributed by atoms with E-state index in [1.807, 2.05) is 39.0 Å². The second-order valence-corrected chi connectivity index (χ2v) is 9.44. The summed E-state index contributed by atoms with van der Waals surface area (Å²) in [6, 6.07) is 11.3. The van der Waals surface area contributed by atoms with E-state index in [0.29, 0.717) is 23.0 Å². The van der Waals surface area contributed by atoms with E-state index in [1.54, 1.807) is 11.8 Å². The maximum atomic E-state index is 12.4. The Morgan fingerprint density at radius 2 is 1.88 bits per heavy atom. The van der Waals surface area contributed by atoms with Gasteiger partial charge in [0, 0.05) is 22.6 Å². The van der Waals surface area contributed by atoms with Crippen LogP contribution in [0.25, 0.3) is 5.69 Å². The molecule has 1 N–H and O–H groups in total. The molecule has 10 heteroatoms. The highest BCUT2D eigenvalue weighted by atomic mass is 35.5. The lowest BCUT2D eigenvalue weighted by atomic mass is 10.0. The Bertz CT molecular complexity index is 1160. The van der Waals surface area contributed by atoms with Gasteiger partial charge in [0.1, 0.15) is 10.9 Å². The van der Waals surface area contributed by atoms with Gasteiger partial charge in [0.2, 0.25) is 0 Å². The van der Waals surface area contributed by atoms with Crippen molar-refractivity contribution in [2.45, 2.75) is 56.5 Å². The SMILES string of the molecule is Cc1cc(SCc2c(C(C)C)nn(-c3ccc(OC(F)(F)F)cc3)c2Cl)ccc1CCC(=O)O. The van der Waals surface area contributed by atoms with Crippen molar-refractivity contribution >= 4 is 29.3 Å². The molecule has 0 aliphatic carbocycles. The van der Waals surface area contributed by atoms with Gasteiger partial charge in [0.15, 0.2) is 0 Å². The molecule has 3 aromatic rings. The van der Waals surface area contributed by atoms with E-state index in [0.717, 1.165) is 27.3 Å². The van der Waals surface area contributed by atoms with Crippen LogP contribution in [0.5, 0.6) is 5.75 Å². The molecule has 1 heterocycles. The van der Waals surface area contributed by atoms with E-state index < -0.39 is 12.3 Å². The van der Waals surface area contributed by atoms with E-state index in [-0.39, 0.29) is 18.1 Å². The Balaban J connectivity index is 1.80. The average Bonchev–Trinajstić information content (AvgIpc) is 3.07. The van der Waals surface area contributed by atoms with Gasteiger partial charge >= 0.3 is 12.3 Å². The molecule has 3 rings (SSSR count). The summed E-state index contributed by atoms with van der Waals surface area (Å²) in [7, 11) is 0. The summed E-state index contributed by atoms with van der Waals surface area (Å²) in [6.45, 7) is 5.95. The molecule has 34 heavy (non-hydrogen) atoms. The number of hydrogen-bond acceptors (Lipinski definition) is 4. The van der Waals surface area contributed by atoms with Crippen LogP contribution in [0.15, 0.2) is 47.4 Å². The number of carboxylic acid groups (broad SMARTS) is 1. The molecule has 0 bridgehead atoms. The average molecular weight is 513 g/mol. The van der Waals surface area contributed by atoms with Crippen LogP contribution in [0.1, 0.15) is 48.6 Å². The number of carbonyl (C=O) groups is 1. The molecular weight excluding hydrogens is 489 g/mol. The molecule has 0 aliphatic heterocycles. The summed E-state index contributed by atoms with van der Waals surface area (Å²) in [6.07, 6.45) is -4.19. The van der Waals surface area contributed by atoms with Gasteiger partial charge in [-0.2, -0.15) is 5.10 Å². The van der Waals surface area contributed by atoms with Crippen LogP contribution >= 0.6 is 23.4 Å². The first-order chi connectivity index (χ1) is 15.9. The number of alkyl halides is 3. The third-order valence-electron chi connectivity index (χ3n) is 5.12. The van der Waals surface area contributed by atoms with Crippen LogP contribution in [0, 0.1) is 6.92 Å². The number of ether oxygens (including phenoxy) is 1. The van der Waals surface area contributed by atoms with Crippen molar-refractivity contribution in [3.8, 4) is 11.4 Å². The van der Waals surface area contributed by atoms with Crippen LogP contribution in [-0.2, 0) is 17.0 Å². The van der Waals surface area contributed by atoms with E-state index in [4.69, 9.17) is 16.7 Å². The molecule has 0 radical (unpaired) electrons. The Kier molecular flexibility index (Phi) is 8.20. The van der Waals surface area contributed by atoms with Crippen molar-refractivity contribution in [2.75, 3.05) is 0 Å². The van der Waals surface area contributed by atoms with Crippen molar-refractivity contribution < 1.29 is 27.8 Å². The predicted molar refractivity (Wildman–Crippen MR) is 126 cm³/mol. The molecule has 5 nitrogen and oxygen atoms in total. The molecule has 182 valence electrons. The minimum atomic E-state index is -4.76. The molecule has 1 aromatic heterocycles. The quantitative estimate of drug-likeness (QED) is 0.308. The summed E-state index contributed by atoms with van der Waals surface area (Å²) in [4.78, 5) is 11.8. The maximum Gasteiger partial charge on any atom is 0.573 e. The molecule has 0 unspecified atom stereocenters. The minimum Gasteiger partial charge on any atom is -0.481 e. The Labute approximate surface area is 204 Å². The lowest BCUT2D eigenvalue weighted by molar-refractivity contribution is -0.274. The third-order valence-corrected chi connectivity index (χ3v) is 6.53. The second-order valence-electron chi connectivity index (χ2n) is 8.03. The molecule has 0 amide bonds. The zero-order chi connectivity index (χ0) is 25.0. The number of hydrogen-bond donors (Lipinski definition) is 1. The van der Waals surface area contributed by atoms with Gasteiger partial charge in [-0.25, -0.2) is 4.68 Å². The summed E-state index contributed by atoms with van der Waals surface area (Å²) in [5.41, 5.74) is 4.21. The second kappa shape index (κ2) is 10.7. The highest BCUT2D eigenvalue weighted by Crippen LogP contribution is 2.35. The van der Waals surface area contributed by atoms with Crippen LogP contribution in [0.2, 0.25) is 5.15 Å². The fourth-order valence-corrected chi connectivity index (χ4v) is 4.84. The normalized spacial score (nSPS) is 11.8. The molecule has 0 saturated carbocycles. The van der Waals surface area contributed by atoms with Crippen molar-refractivity contribution in [3.05, 3.63) is 70.0 Å². The first-order valence-electron chi connectivity index (χ1n) is 10.5. The maximum absolute atomic E-state index is 12.4. The van der Waals surface area contributed by atoms with Crippen molar-refractivity contribution in [1.82, 2.24) is 9.78 Å². The van der Waals surface area contributed by atoms with Gasteiger partial charge in [0.25, 0.3) is 0 Å². The molecule has 0 fully saturated rings. The number of aromatic nitrogens is 2. The minimum absolute atomic E-state index is 0.0855. The molecule has 0 aliphatic rings. The first-order valence-corrected chi connectivity index (χ1v) is 11.9. The predicted octanol–water partition coefficient (Wildman–Crippen LogP) is 7.17. The molecular formula is C24H24ClF3N2O3S. The highest BCUT2D eigenvalue weighted by Gasteiger charge is 2.31. The number of halogens is 4. The largest absolute Gasteiger partial charge is 0.573 e. The van der Waals surface area contributed by atoms with Crippen molar-refractivity contribution in [1.29, 1.82) is 0 Å². The fraction of sp³-hybridized carbons (Fsp3) is 0.333. The molecule has 0 atom stereocenters. The molecule has 2 aromatic carbocycles. The smallest absolute Gasteiger partial charge is 0.481 e. The zero-order valence-electron chi connectivity index (χ0n) is 18.8. The van der Waals surface area contributed by atoms with Crippen molar-refractivity contribution in [3.63, 3.8) is 0 Å². The number of aliphatic carboxylic acids is 1. The number of thioether (sulfide) groups is 1. The van der Waals surface area contributed by atoms with Gasteiger partial charge in [-0.3, -0.25) is 4.79 Å². The summed E-state index contributed by atoms with van der Waals surface area (Å²) < 4.78 is 42.7. The summed E-state index contributed by atoms with van der Waals surface area (Å²) >= 11 is 8.25. The fourth-order valence-electron chi connectivity index (χ4n) is 3.44. The number of rotatable bonds is 9. The third kappa shape index (κ3) is 6.70. The van der Waals surface area contributed by atoms with Gasteiger partial charge in [-0.05, 0) is 66.8 Å². The molecule has 0 spiro atoms. The van der Waals surface area contributed by atoms with Crippen molar-refractivity contribution in [2.24, 2.45) is 0 Å². The van der Waals surface area contributed by atoms with E-state index in [9.17, 15) is 18.0 Å². The highest BCUT2D eigenvalue weighted by molar-refractivity contribution is 7.98. The summed E-state index contributed by atoms with van der Waals surface area (Å²) in [5.74, 6) is -0.507. The lowest BCUT2D eigenvalue weighted by Crippen LogP contribution is -2.17. The van der Waals surface area contributed by atoms with Gasteiger partial charge < -0.3 is 9.84 Å². The summed E-state index contributed by atoms with van der Waals surface area (Å²) in [5, 5.41) is 13.9. The van der Waals surface area contributed by atoms with Crippen LogP contribution < -0.4 is 4.74 Å². The monoisotopic (exact) mass is 512 g/mol.